The van der Waals surface area contributed by atoms with E-state index in [1.807, 2.05) is 18.2 Å². The lowest BCUT2D eigenvalue weighted by Crippen LogP contribution is -1.90. The standard InChI is InChI=1S/C13H15NO2S/c1-4-9-8-17-13(14-9)11-7-10(15-2)5-6-12(11)16-3/h5-8H,4H2,1-3H3. The normalized spacial score (nSPS) is 10.3. The fraction of sp³-hybridized carbons (Fsp3) is 0.308. The Hall–Kier alpha value is -1.55. The van der Waals surface area contributed by atoms with Crippen LogP contribution in [0.4, 0.5) is 0 Å². The number of thiazole rings is 1. The first-order valence-electron chi connectivity index (χ1n) is 5.45. The molecule has 1 aromatic heterocycles. The molecule has 0 aliphatic carbocycles. The van der Waals surface area contributed by atoms with Gasteiger partial charge in [0.25, 0.3) is 0 Å². The van der Waals surface area contributed by atoms with E-state index in [0.717, 1.165) is 34.2 Å². The van der Waals surface area contributed by atoms with Crippen LogP contribution in [-0.4, -0.2) is 19.2 Å². The van der Waals surface area contributed by atoms with Gasteiger partial charge in [-0.3, -0.25) is 0 Å². The van der Waals surface area contributed by atoms with Gasteiger partial charge in [-0.05, 0) is 24.6 Å². The lowest BCUT2D eigenvalue weighted by Gasteiger charge is -2.08. The second kappa shape index (κ2) is 5.19. The summed E-state index contributed by atoms with van der Waals surface area (Å²) in [6.45, 7) is 2.10. The molecular weight excluding hydrogens is 234 g/mol. The van der Waals surface area contributed by atoms with E-state index in [0.29, 0.717) is 0 Å². The van der Waals surface area contributed by atoms with Gasteiger partial charge in [-0.15, -0.1) is 11.3 Å². The van der Waals surface area contributed by atoms with Crippen LogP contribution in [0.2, 0.25) is 0 Å². The zero-order valence-electron chi connectivity index (χ0n) is 10.2. The van der Waals surface area contributed by atoms with Gasteiger partial charge in [-0.25, -0.2) is 4.98 Å². The first-order valence-corrected chi connectivity index (χ1v) is 6.33. The van der Waals surface area contributed by atoms with E-state index in [1.54, 1.807) is 25.6 Å². The number of hydrogen-bond donors (Lipinski definition) is 0. The molecule has 0 aliphatic rings. The van der Waals surface area contributed by atoms with Gasteiger partial charge in [0, 0.05) is 5.38 Å². The van der Waals surface area contributed by atoms with E-state index in [1.165, 1.54) is 0 Å². The number of rotatable bonds is 4. The van der Waals surface area contributed by atoms with Gasteiger partial charge >= 0.3 is 0 Å². The van der Waals surface area contributed by atoms with E-state index < -0.39 is 0 Å². The number of nitrogens with zero attached hydrogens (tertiary/aromatic N) is 1. The van der Waals surface area contributed by atoms with Crippen molar-refractivity contribution in [3.8, 4) is 22.1 Å². The largest absolute Gasteiger partial charge is 0.497 e. The molecule has 0 bridgehead atoms. The maximum absolute atomic E-state index is 5.35. The van der Waals surface area contributed by atoms with Gasteiger partial charge in [0.05, 0.1) is 25.5 Å². The number of aromatic nitrogens is 1. The Kier molecular flexibility index (Phi) is 3.64. The van der Waals surface area contributed by atoms with Crippen LogP contribution >= 0.6 is 11.3 Å². The molecule has 4 heteroatoms. The molecule has 0 radical (unpaired) electrons. The summed E-state index contributed by atoms with van der Waals surface area (Å²) in [7, 11) is 3.32. The number of methoxy groups -OCH3 is 2. The lowest BCUT2D eigenvalue weighted by atomic mass is 10.2. The van der Waals surface area contributed by atoms with Crippen molar-refractivity contribution in [3.63, 3.8) is 0 Å². The summed E-state index contributed by atoms with van der Waals surface area (Å²) in [5, 5.41) is 3.05. The molecule has 90 valence electrons. The average Bonchev–Trinajstić information content (AvgIpc) is 2.86. The summed E-state index contributed by atoms with van der Waals surface area (Å²) in [5.74, 6) is 1.64. The van der Waals surface area contributed by atoms with Gasteiger partial charge in [-0.2, -0.15) is 0 Å². The highest BCUT2D eigenvalue weighted by molar-refractivity contribution is 7.13. The van der Waals surface area contributed by atoms with Gasteiger partial charge < -0.3 is 9.47 Å². The topological polar surface area (TPSA) is 31.4 Å². The fourth-order valence-corrected chi connectivity index (χ4v) is 2.50. The Labute approximate surface area is 105 Å². The Morgan fingerprint density at radius 3 is 2.65 bits per heavy atom. The molecule has 3 nitrogen and oxygen atoms in total. The zero-order chi connectivity index (χ0) is 12.3. The molecule has 0 unspecified atom stereocenters. The number of hydrogen-bond acceptors (Lipinski definition) is 4. The molecule has 1 heterocycles. The number of benzene rings is 1. The van der Waals surface area contributed by atoms with E-state index in [-0.39, 0.29) is 0 Å². The van der Waals surface area contributed by atoms with Crippen molar-refractivity contribution in [2.24, 2.45) is 0 Å². The van der Waals surface area contributed by atoms with Crippen LogP contribution < -0.4 is 9.47 Å². The van der Waals surface area contributed by atoms with Crippen LogP contribution in [-0.2, 0) is 6.42 Å². The highest BCUT2D eigenvalue weighted by atomic mass is 32.1. The third-order valence-electron chi connectivity index (χ3n) is 2.55. The van der Waals surface area contributed by atoms with Crippen LogP contribution in [0.5, 0.6) is 11.5 Å². The Bertz CT molecular complexity index is 508. The van der Waals surface area contributed by atoms with Gasteiger partial charge in [0.15, 0.2) is 0 Å². The summed E-state index contributed by atoms with van der Waals surface area (Å²) < 4.78 is 10.6. The first kappa shape index (κ1) is 11.9. The molecular formula is C13H15NO2S. The zero-order valence-corrected chi connectivity index (χ0v) is 11.0. The molecule has 0 saturated heterocycles. The number of aryl methyl sites for hydroxylation is 1. The van der Waals surface area contributed by atoms with Crippen LogP contribution in [0.15, 0.2) is 23.6 Å². The maximum Gasteiger partial charge on any atom is 0.129 e. The van der Waals surface area contributed by atoms with Crippen molar-refractivity contribution in [3.05, 3.63) is 29.3 Å². The van der Waals surface area contributed by atoms with Crippen molar-refractivity contribution in [2.45, 2.75) is 13.3 Å². The molecule has 0 aliphatic heterocycles. The third kappa shape index (κ3) is 2.42. The summed E-state index contributed by atoms with van der Waals surface area (Å²) >= 11 is 1.63. The van der Waals surface area contributed by atoms with Crippen LogP contribution in [0.25, 0.3) is 10.6 Å². The summed E-state index contributed by atoms with van der Waals surface area (Å²) in [5.41, 5.74) is 2.09. The molecule has 0 fully saturated rings. The molecule has 0 saturated carbocycles. The predicted octanol–water partition coefficient (Wildman–Crippen LogP) is 3.39. The van der Waals surface area contributed by atoms with Crippen molar-refractivity contribution in [2.75, 3.05) is 14.2 Å². The van der Waals surface area contributed by atoms with E-state index in [9.17, 15) is 0 Å². The van der Waals surface area contributed by atoms with Crippen molar-refractivity contribution >= 4 is 11.3 Å². The molecule has 0 spiro atoms. The molecule has 2 aromatic rings. The van der Waals surface area contributed by atoms with Gasteiger partial charge in [0.2, 0.25) is 0 Å². The van der Waals surface area contributed by atoms with E-state index in [4.69, 9.17) is 9.47 Å². The second-order valence-electron chi connectivity index (χ2n) is 3.56. The molecule has 0 N–H and O–H groups in total. The van der Waals surface area contributed by atoms with Gasteiger partial charge in [-0.1, -0.05) is 6.92 Å². The maximum atomic E-state index is 5.35. The molecule has 17 heavy (non-hydrogen) atoms. The molecule has 1 aromatic carbocycles. The van der Waals surface area contributed by atoms with E-state index in [2.05, 4.69) is 17.3 Å². The minimum Gasteiger partial charge on any atom is -0.497 e. The summed E-state index contributed by atoms with van der Waals surface area (Å²) in [4.78, 5) is 4.57. The highest BCUT2D eigenvalue weighted by Gasteiger charge is 2.11. The van der Waals surface area contributed by atoms with E-state index >= 15 is 0 Å². The Balaban J connectivity index is 2.47. The summed E-state index contributed by atoms with van der Waals surface area (Å²) in [6.07, 6.45) is 0.947. The quantitative estimate of drug-likeness (QED) is 0.832. The lowest BCUT2D eigenvalue weighted by molar-refractivity contribution is 0.404. The van der Waals surface area contributed by atoms with Crippen molar-refractivity contribution in [1.29, 1.82) is 0 Å². The molecule has 2 rings (SSSR count). The molecule has 0 atom stereocenters. The average molecular weight is 249 g/mol. The Morgan fingerprint density at radius 1 is 1.24 bits per heavy atom. The second-order valence-corrected chi connectivity index (χ2v) is 4.42. The SMILES string of the molecule is CCc1csc(-c2cc(OC)ccc2OC)n1. The minimum absolute atomic E-state index is 0.814. The van der Waals surface area contributed by atoms with Crippen molar-refractivity contribution < 1.29 is 9.47 Å². The monoisotopic (exact) mass is 249 g/mol. The van der Waals surface area contributed by atoms with Crippen molar-refractivity contribution in [1.82, 2.24) is 4.98 Å². The smallest absolute Gasteiger partial charge is 0.129 e. The molecule has 0 amide bonds. The van der Waals surface area contributed by atoms with Gasteiger partial charge in [0.1, 0.15) is 16.5 Å². The highest BCUT2D eigenvalue weighted by Crippen LogP contribution is 2.35. The predicted molar refractivity (Wildman–Crippen MR) is 70.0 cm³/mol. The van der Waals surface area contributed by atoms with Crippen LogP contribution in [0.3, 0.4) is 0 Å². The third-order valence-corrected chi connectivity index (χ3v) is 3.48. The van der Waals surface area contributed by atoms with Crippen LogP contribution in [0.1, 0.15) is 12.6 Å². The summed E-state index contributed by atoms with van der Waals surface area (Å²) in [6, 6.07) is 5.75. The fourth-order valence-electron chi connectivity index (χ4n) is 1.57. The number of ether oxygens (including phenoxy) is 2. The van der Waals surface area contributed by atoms with Crippen LogP contribution in [0, 0.1) is 0 Å². The minimum atomic E-state index is 0.814. The first-order chi connectivity index (χ1) is 8.28. The Morgan fingerprint density at radius 2 is 2.06 bits per heavy atom.